The number of rotatable bonds is 13. The van der Waals surface area contributed by atoms with Crippen LogP contribution in [-0.4, -0.2) is 64.0 Å². The predicted octanol–water partition coefficient (Wildman–Crippen LogP) is 5.78. The van der Waals surface area contributed by atoms with Crippen molar-refractivity contribution in [2.24, 2.45) is 16.9 Å². The lowest BCUT2D eigenvalue weighted by molar-refractivity contribution is 0.00180. The Morgan fingerprint density at radius 1 is 1.00 bits per heavy atom. The van der Waals surface area contributed by atoms with E-state index in [1.165, 1.54) is 25.7 Å². The van der Waals surface area contributed by atoms with Gasteiger partial charge >= 0.3 is 5.97 Å². The van der Waals surface area contributed by atoms with Crippen LogP contribution in [-0.2, 0) is 25.4 Å². The van der Waals surface area contributed by atoms with E-state index >= 15 is 0 Å². The molecule has 0 amide bonds. The molecule has 0 saturated heterocycles. The molecule has 218 valence electrons. The van der Waals surface area contributed by atoms with Gasteiger partial charge in [-0.3, -0.25) is 5.01 Å². The van der Waals surface area contributed by atoms with Crippen molar-refractivity contribution in [1.29, 1.82) is 5.26 Å². The van der Waals surface area contributed by atoms with Gasteiger partial charge in [0.1, 0.15) is 12.7 Å². The Morgan fingerprint density at radius 3 is 2.44 bits per heavy atom. The standard InChI is InChI=1S/C32H38ClN3O5/c1-2-38-13-14-39-15-16-40-17-18-41-32(37)24-9-11-27-23(19-24)8-12-28-30(27)35-36(31(28)22-5-3-4-6-22)26-10-7-25(21-34)29(33)20-26/h7,9-11,19-20,22,28,31H,2-6,8,12-18H2,1H3. The third kappa shape index (κ3) is 6.92. The topological polar surface area (TPSA) is 93.4 Å². The monoisotopic (exact) mass is 579 g/mol. The molecule has 2 aromatic carbocycles. The fraction of sp³-hybridized carbons (Fsp3) is 0.531. The highest BCUT2D eigenvalue weighted by Gasteiger charge is 2.45. The molecule has 2 unspecified atom stereocenters. The molecule has 0 N–H and O–H groups in total. The number of carbonyl (C=O) groups excluding carboxylic acids is 1. The SMILES string of the molecule is CCOCCOCCOCCOC(=O)c1ccc2c(c1)CCC1C2=NN(c2ccc(C#N)c(Cl)c2)C1C1CCCC1. The number of fused-ring (bicyclic) bond motifs is 3. The zero-order valence-electron chi connectivity index (χ0n) is 23.6. The Hall–Kier alpha value is -2.96. The number of hydrazone groups is 1. The number of anilines is 1. The summed E-state index contributed by atoms with van der Waals surface area (Å²) in [4.78, 5) is 12.8. The van der Waals surface area contributed by atoms with Crippen LogP contribution in [0.25, 0.3) is 0 Å². The van der Waals surface area contributed by atoms with Crippen molar-refractivity contribution in [2.75, 3.05) is 51.3 Å². The van der Waals surface area contributed by atoms with Crippen LogP contribution in [0.4, 0.5) is 5.69 Å². The highest BCUT2D eigenvalue weighted by Crippen LogP contribution is 2.45. The van der Waals surface area contributed by atoms with Gasteiger partial charge in [-0.15, -0.1) is 0 Å². The number of hydrogen-bond donors (Lipinski definition) is 0. The molecule has 1 heterocycles. The number of halogens is 1. The molecule has 0 radical (unpaired) electrons. The van der Waals surface area contributed by atoms with Crippen molar-refractivity contribution in [3.05, 3.63) is 63.7 Å². The number of carbonyl (C=O) groups is 1. The van der Waals surface area contributed by atoms with Crippen molar-refractivity contribution in [3.8, 4) is 6.07 Å². The number of ether oxygens (including phenoxy) is 4. The summed E-state index contributed by atoms with van der Waals surface area (Å²) in [5.41, 5.74) is 5.25. The zero-order valence-corrected chi connectivity index (χ0v) is 24.4. The fourth-order valence-electron chi connectivity index (χ4n) is 6.29. The van der Waals surface area contributed by atoms with E-state index in [1.807, 2.05) is 37.3 Å². The highest BCUT2D eigenvalue weighted by molar-refractivity contribution is 6.32. The van der Waals surface area contributed by atoms with E-state index in [-0.39, 0.29) is 18.6 Å². The molecule has 5 rings (SSSR count). The summed E-state index contributed by atoms with van der Waals surface area (Å²) < 4.78 is 21.6. The van der Waals surface area contributed by atoms with Crippen molar-refractivity contribution in [3.63, 3.8) is 0 Å². The molecule has 41 heavy (non-hydrogen) atoms. The minimum atomic E-state index is -0.350. The minimum Gasteiger partial charge on any atom is -0.460 e. The van der Waals surface area contributed by atoms with Crippen LogP contribution >= 0.6 is 11.6 Å². The van der Waals surface area contributed by atoms with Gasteiger partial charge in [0, 0.05) is 18.1 Å². The highest BCUT2D eigenvalue weighted by atomic mass is 35.5. The number of nitrogens with zero attached hydrogens (tertiary/aromatic N) is 3. The van der Waals surface area contributed by atoms with Gasteiger partial charge in [-0.1, -0.05) is 30.5 Å². The van der Waals surface area contributed by atoms with Gasteiger partial charge in [-0.25, -0.2) is 4.79 Å². The summed E-state index contributed by atoms with van der Waals surface area (Å²) in [7, 11) is 0. The maximum absolute atomic E-state index is 12.8. The van der Waals surface area contributed by atoms with Crippen molar-refractivity contribution in [1.82, 2.24) is 0 Å². The average Bonchev–Trinajstić information content (AvgIpc) is 3.66. The number of hydrogen-bond acceptors (Lipinski definition) is 8. The van der Waals surface area contributed by atoms with E-state index in [0.29, 0.717) is 67.6 Å². The Kier molecular flexibility index (Phi) is 10.3. The molecule has 9 heteroatoms. The van der Waals surface area contributed by atoms with Gasteiger partial charge in [-0.2, -0.15) is 10.4 Å². The predicted molar refractivity (Wildman–Crippen MR) is 158 cm³/mol. The van der Waals surface area contributed by atoms with Crippen molar-refractivity contribution < 1.29 is 23.7 Å². The first-order valence-corrected chi connectivity index (χ1v) is 15.1. The second kappa shape index (κ2) is 14.3. The van der Waals surface area contributed by atoms with E-state index in [1.54, 1.807) is 6.07 Å². The second-order valence-corrected chi connectivity index (χ2v) is 11.1. The maximum atomic E-state index is 12.8. The molecule has 1 fully saturated rings. The Balaban J connectivity index is 1.23. The van der Waals surface area contributed by atoms with Gasteiger partial charge in [0.2, 0.25) is 0 Å². The van der Waals surface area contributed by atoms with Crippen LogP contribution in [0.15, 0.2) is 41.5 Å². The average molecular weight is 580 g/mol. The first-order chi connectivity index (χ1) is 20.1. The molecule has 1 saturated carbocycles. The van der Waals surface area contributed by atoms with E-state index in [0.717, 1.165) is 35.4 Å². The first kappa shape index (κ1) is 29.5. The molecular formula is C32H38ClN3O5. The summed E-state index contributed by atoms with van der Waals surface area (Å²) in [6.45, 7) is 5.18. The molecule has 2 atom stereocenters. The summed E-state index contributed by atoms with van der Waals surface area (Å²) in [6.07, 6.45) is 6.77. The Bertz CT molecular complexity index is 1290. The molecular weight excluding hydrogens is 542 g/mol. The van der Waals surface area contributed by atoms with Crippen LogP contribution in [0.1, 0.15) is 66.1 Å². The zero-order chi connectivity index (χ0) is 28.6. The van der Waals surface area contributed by atoms with Crippen LogP contribution in [0, 0.1) is 23.2 Å². The van der Waals surface area contributed by atoms with E-state index in [2.05, 4.69) is 11.1 Å². The molecule has 0 spiro atoms. The number of esters is 1. The number of aryl methyl sites for hydroxylation is 1. The lowest BCUT2D eigenvalue weighted by Crippen LogP contribution is -2.40. The van der Waals surface area contributed by atoms with E-state index in [9.17, 15) is 10.1 Å². The lowest BCUT2D eigenvalue weighted by atomic mass is 9.75. The molecule has 0 aromatic heterocycles. The maximum Gasteiger partial charge on any atom is 0.338 e. The van der Waals surface area contributed by atoms with Crippen molar-refractivity contribution in [2.45, 2.75) is 51.5 Å². The molecule has 3 aliphatic rings. The molecule has 8 nitrogen and oxygen atoms in total. The number of benzene rings is 2. The van der Waals surface area contributed by atoms with Gasteiger partial charge in [-0.05, 0) is 74.4 Å². The van der Waals surface area contributed by atoms with E-state index < -0.39 is 0 Å². The Labute approximate surface area is 247 Å². The van der Waals surface area contributed by atoms with Crippen LogP contribution in [0.5, 0.6) is 0 Å². The first-order valence-electron chi connectivity index (χ1n) is 14.7. The fourth-order valence-corrected chi connectivity index (χ4v) is 6.51. The summed E-state index contributed by atoms with van der Waals surface area (Å²) >= 11 is 6.43. The largest absolute Gasteiger partial charge is 0.460 e. The van der Waals surface area contributed by atoms with Gasteiger partial charge in [0.15, 0.2) is 0 Å². The third-order valence-electron chi connectivity index (χ3n) is 8.23. The second-order valence-electron chi connectivity index (χ2n) is 10.7. The van der Waals surface area contributed by atoms with Crippen molar-refractivity contribution >= 4 is 29.0 Å². The normalized spacial score (nSPS) is 19.9. The van der Waals surface area contributed by atoms with Crippen LogP contribution < -0.4 is 5.01 Å². The Morgan fingerprint density at radius 2 is 1.73 bits per heavy atom. The van der Waals surface area contributed by atoms with Gasteiger partial charge in [0.05, 0.1) is 66.6 Å². The summed E-state index contributed by atoms with van der Waals surface area (Å²) in [6, 6.07) is 13.8. The lowest BCUT2D eigenvalue weighted by Gasteiger charge is -2.34. The van der Waals surface area contributed by atoms with Crippen LogP contribution in [0.3, 0.4) is 0 Å². The number of nitriles is 1. The minimum absolute atomic E-state index is 0.189. The molecule has 2 aliphatic carbocycles. The quantitative estimate of drug-likeness (QED) is 0.219. The molecule has 0 bridgehead atoms. The summed E-state index contributed by atoms with van der Waals surface area (Å²) in [5, 5.41) is 17.1. The van der Waals surface area contributed by atoms with Gasteiger partial charge in [0.25, 0.3) is 0 Å². The third-order valence-corrected chi connectivity index (χ3v) is 8.55. The van der Waals surface area contributed by atoms with Crippen LogP contribution in [0.2, 0.25) is 5.02 Å². The summed E-state index contributed by atoms with van der Waals surface area (Å²) in [5.74, 6) is 0.533. The molecule has 2 aromatic rings. The van der Waals surface area contributed by atoms with E-state index in [4.69, 9.17) is 35.6 Å². The molecule has 1 aliphatic heterocycles. The van der Waals surface area contributed by atoms with Gasteiger partial charge < -0.3 is 18.9 Å². The smallest absolute Gasteiger partial charge is 0.338 e.